The summed E-state index contributed by atoms with van der Waals surface area (Å²) in [6.07, 6.45) is 3.19. The molecular weight excluding hydrogens is 249 g/mol. The van der Waals surface area contributed by atoms with Crippen LogP contribution >= 0.6 is 11.6 Å². The van der Waals surface area contributed by atoms with Crippen molar-refractivity contribution in [3.8, 4) is 0 Å². The maximum atomic E-state index is 13.1. The maximum absolute atomic E-state index is 13.1. The first-order valence-electron chi connectivity index (χ1n) is 6.53. The lowest BCUT2D eigenvalue weighted by molar-refractivity contribution is 0.159. The van der Waals surface area contributed by atoms with Gasteiger partial charge in [0.2, 0.25) is 0 Å². The summed E-state index contributed by atoms with van der Waals surface area (Å²) in [7, 11) is 0. The Kier molecular flexibility index (Phi) is 3.70. The molecule has 0 amide bonds. The van der Waals surface area contributed by atoms with Gasteiger partial charge in [0.15, 0.2) is 0 Å². The third kappa shape index (κ3) is 2.55. The summed E-state index contributed by atoms with van der Waals surface area (Å²) < 4.78 is 13.1. The van der Waals surface area contributed by atoms with Crippen molar-refractivity contribution in [2.45, 2.75) is 45.6 Å². The summed E-state index contributed by atoms with van der Waals surface area (Å²) in [5.41, 5.74) is 1.25. The lowest BCUT2D eigenvalue weighted by Gasteiger charge is -2.42. The first-order chi connectivity index (χ1) is 8.34. The van der Waals surface area contributed by atoms with Crippen LogP contribution in [0.4, 0.5) is 4.39 Å². The summed E-state index contributed by atoms with van der Waals surface area (Å²) >= 11 is 6.15. The van der Waals surface area contributed by atoms with E-state index >= 15 is 0 Å². The Labute approximate surface area is 114 Å². The van der Waals surface area contributed by atoms with Crippen LogP contribution in [0.5, 0.6) is 0 Å². The van der Waals surface area contributed by atoms with Crippen LogP contribution in [0.1, 0.15) is 39.2 Å². The number of benzene rings is 1. The summed E-state index contributed by atoms with van der Waals surface area (Å²) in [4.78, 5) is 0. The Bertz CT molecular complexity index is 431. The molecule has 1 aliphatic heterocycles. The van der Waals surface area contributed by atoms with Crippen LogP contribution in [-0.4, -0.2) is 12.1 Å². The lowest BCUT2D eigenvalue weighted by Crippen LogP contribution is -2.52. The van der Waals surface area contributed by atoms with Crippen LogP contribution in [-0.2, 0) is 6.42 Å². The summed E-state index contributed by atoms with van der Waals surface area (Å²) in [6, 6.07) is 4.71. The zero-order chi connectivity index (χ0) is 13.4. The van der Waals surface area contributed by atoms with Gasteiger partial charge in [0.25, 0.3) is 0 Å². The molecule has 1 N–H and O–H groups in total. The van der Waals surface area contributed by atoms with E-state index < -0.39 is 0 Å². The van der Waals surface area contributed by atoms with E-state index in [0.717, 1.165) is 24.9 Å². The predicted octanol–water partition coefficient (Wildman–Crippen LogP) is 4.19. The van der Waals surface area contributed by atoms with Crippen LogP contribution in [0, 0.1) is 11.2 Å². The second-order valence-corrected chi connectivity index (χ2v) is 6.68. The molecule has 1 saturated heterocycles. The van der Waals surface area contributed by atoms with Gasteiger partial charge in [0.05, 0.1) is 0 Å². The van der Waals surface area contributed by atoms with Crippen molar-refractivity contribution in [2.24, 2.45) is 5.41 Å². The second kappa shape index (κ2) is 4.82. The molecule has 1 aromatic carbocycles. The van der Waals surface area contributed by atoms with Gasteiger partial charge in [-0.3, -0.25) is 0 Å². The average Bonchev–Trinajstić information content (AvgIpc) is 2.71. The minimum absolute atomic E-state index is 0.0640. The van der Waals surface area contributed by atoms with Gasteiger partial charge in [-0.15, -0.1) is 0 Å². The molecule has 1 unspecified atom stereocenters. The topological polar surface area (TPSA) is 12.0 Å². The fraction of sp³-hybridized carbons (Fsp3) is 0.600. The van der Waals surface area contributed by atoms with Gasteiger partial charge < -0.3 is 5.32 Å². The third-order valence-electron chi connectivity index (χ3n) is 4.19. The van der Waals surface area contributed by atoms with E-state index in [0.29, 0.717) is 5.02 Å². The molecule has 3 heteroatoms. The fourth-order valence-corrected chi connectivity index (χ4v) is 3.09. The highest BCUT2D eigenvalue weighted by Gasteiger charge is 2.43. The molecule has 1 atom stereocenters. The molecule has 0 bridgehead atoms. The summed E-state index contributed by atoms with van der Waals surface area (Å²) in [5.74, 6) is -0.270. The maximum Gasteiger partial charge on any atom is 0.124 e. The van der Waals surface area contributed by atoms with Crippen molar-refractivity contribution in [1.29, 1.82) is 0 Å². The van der Waals surface area contributed by atoms with E-state index in [9.17, 15) is 4.39 Å². The predicted molar refractivity (Wildman–Crippen MR) is 74.5 cm³/mol. The van der Waals surface area contributed by atoms with Gasteiger partial charge in [0, 0.05) is 10.6 Å². The molecule has 1 aliphatic rings. The van der Waals surface area contributed by atoms with Crippen molar-refractivity contribution in [3.63, 3.8) is 0 Å². The fourth-order valence-electron chi connectivity index (χ4n) is 2.85. The molecule has 1 heterocycles. The Hall–Kier alpha value is -0.600. The first-order valence-corrected chi connectivity index (χ1v) is 6.91. The van der Waals surface area contributed by atoms with Gasteiger partial charge in [0.1, 0.15) is 5.82 Å². The molecule has 100 valence electrons. The van der Waals surface area contributed by atoms with E-state index in [1.165, 1.54) is 18.6 Å². The van der Waals surface area contributed by atoms with Crippen molar-refractivity contribution >= 4 is 11.6 Å². The quantitative estimate of drug-likeness (QED) is 0.849. The standard InChI is InChI=1S/C15H21ClFN/c1-14(2,3)15(7-4-8-18-15)10-11-5-6-12(17)9-13(11)16/h5-6,9,18H,4,7-8,10H2,1-3H3. The molecule has 0 aromatic heterocycles. The van der Waals surface area contributed by atoms with Gasteiger partial charge in [-0.25, -0.2) is 4.39 Å². The minimum atomic E-state index is -0.270. The Morgan fingerprint density at radius 1 is 1.39 bits per heavy atom. The summed E-state index contributed by atoms with van der Waals surface area (Å²) in [5, 5.41) is 4.18. The van der Waals surface area contributed by atoms with E-state index in [2.05, 4.69) is 26.1 Å². The Balaban J connectivity index is 2.30. The molecular formula is C15H21ClFN. The number of hydrogen-bond acceptors (Lipinski definition) is 1. The van der Waals surface area contributed by atoms with Crippen molar-refractivity contribution in [1.82, 2.24) is 5.32 Å². The van der Waals surface area contributed by atoms with Crippen LogP contribution in [0.15, 0.2) is 18.2 Å². The molecule has 0 spiro atoms. The van der Waals surface area contributed by atoms with E-state index in [-0.39, 0.29) is 16.8 Å². The van der Waals surface area contributed by atoms with Crippen LogP contribution < -0.4 is 5.32 Å². The highest BCUT2D eigenvalue weighted by molar-refractivity contribution is 6.31. The van der Waals surface area contributed by atoms with Crippen LogP contribution in [0.2, 0.25) is 5.02 Å². The molecule has 0 saturated carbocycles. The normalized spacial score (nSPS) is 24.5. The molecule has 1 fully saturated rings. The molecule has 2 rings (SSSR count). The van der Waals surface area contributed by atoms with Crippen molar-refractivity contribution in [2.75, 3.05) is 6.54 Å². The van der Waals surface area contributed by atoms with Crippen LogP contribution in [0.25, 0.3) is 0 Å². The number of halogens is 2. The highest BCUT2D eigenvalue weighted by atomic mass is 35.5. The van der Waals surface area contributed by atoms with Crippen LogP contribution in [0.3, 0.4) is 0 Å². The monoisotopic (exact) mass is 269 g/mol. The summed E-state index contributed by atoms with van der Waals surface area (Å²) in [6.45, 7) is 7.81. The Morgan fingerprint density at radius 3 is 2.61 bits per heavy atom. The molecule has 18 heavy (non-hydrogen) atoms. The van der Waals surface area contributed by atoms with Gasteiger partial charge >= 0.3 is 0 Å². The second-order valence-electron chi connectivity index (χ2n) is 6.27. The van der Waals surface area contributed by atoms with E-state index in [4.69, 9.17) is 11.6 Å². The SMILES string of the molecule is CC(C)(C)C1(Cc2ccc(F)cc2Cl)CCCN1. The smallest absolute Gasteiger partial charge is 0.124 e. The number of hydrogen-bond donors (Lipinski definition) is 1. The van der Waals surface area contributed by atoms with Crippen molar-refractivity contribution in [3.05, 3.63) is 34.6 Å². The van der Waals surface area contributed by atoms with Gasteiger partial charge in [-0.1, -0.05) is 38.4 Å². The molecule has 1 nitrogen and oxygen atoms in total. The van der Waals surface area contributed by atoms with Gasteiger partial charge in [-0.05, 0) is 48.9 Å². The first kappa shape index (κ1) is 13.8. The average molecular weight is 270 g/mol. The molecule has 0 radical (unpaired) electrons. The van der Waals surface area contributed by atoms with E-state index in [1.54, 1.807) is 0 Å². The lowest BCUT2D eigenvalue weighted by atomic mass is 9.69. The van der Waals surface area contributed by atoms with E-state index in [1.807, 2.05) is 6.07 Å². The minimum Gasteiger partial charge on any atom is -0.310 e. The van der Waals surface area contributed by atoms with Gasteiger partial charge in [-0.2, -0.15) is 0 Å². The Morgan fingerprint density at radius 2 is 2.11 bits per heavy atom. The molecule has 1 aromatic rings. The number of nitrogens with one attached hydrogen (secondary N) is 1. The molecule has 0 aliphatic carbocycles. The number of rotatable bonds is 2. The van der Waals surface area contributed by atoms with Crippen molar-refractivity contribution < 1.29 is 4.39 Å². The zero-order valence-electron chi connectivity index (χ0n) is 11.3. The third-order valence-corrected chi connectivity index (χ3v) is 4.54. The zero-order valence-corrected chi connectivity index (χ0v) is 12.1. The largest absolute Gasteiger partial charge is 0.310 e. The highest BCUT2D eigenvalue weighted by Crippen LogP contribution is 2.40.